The minimum Gasteiger partial charge on any atom is -0.550 e. The molecule has 0 saturated heterocycles. The number of carbonyl (C=O) groups excluding carboxylic acids is 1. The van der Waals surface area contributed by atoms with Crippen molar-refractivity contribution >= 4 is 17.1 Å². The average molecular weight is 506 g/mol. The van der Waals surface area contributed by atoms with Crippen molar-refractivity contribution in [3.63, 3.8) is 0 Å². The van der Waals surface area contributed by atoms with Crippen molar-refractivity contribution < 1.29 is 58.5 Å². The van der Waals surface area contributed by atoms with Crippen LogP contribution in [0.4, 0.5) is 8.78 Å². The Kier molecular flexibility index (Phi) is 11.1. The molecule has 2 atom stereocenters. The van der Waals surface area contributed by atoms with E-state index in [1.807, 2.05) is 13.8 Å². The number of aliphatic hydroxyl groups excluding tert-OH is 2. The van der Waals surface area contributed by atoms with Crippen molar-refractivity contribution in [3.05, 3.63) is 89.3 Å². The summed E-state index contributed by atoms with van der Waals surface area (Å²) in [5, 5.41) is 42.9. The molecule has 2 aromatic carbocycles. The summed E-state index contributed by atoms with van der Waals surface area (Å²) in [7, 11) is 0. The zero-order valence-electron chi connectivity index (χ0n) is 20.2. The van der Waals surface area contributed by atoms with Crippen molar-refractivity contribution in [2.24, 2.45) is 0 Å². The van der Waals surface area contributed by atoms with Gasteiger partial charge in [-0.05, 0) is 65.2 Å². The van der Waals surface area contributed by atoms with Crippen molar-refractivity contribution in [2.45, 2.75) is 44.9 Å². The Bertz CT molecular complexity index is 1160. The number of benzene rings is 2. The minimum absolute atomic E-state index is 0. The number of carboxylic acids is 1. The van der Waals surface area contributed by atoms with E-state index in [2.05, 4.69) is 15.5 Å². The second-order valence-electron chi connectivity index (χ2n) is 8.24. The fraction of sp³-hybridized carbons (Fsp3) is 0.280. The summed E-state index contributed by atoms with van der Waals surface area (Å²) < 4.78 is 29.0. The zero-order valence-corrected chi connectivity index (χ0v) is 22.2. The molecule has 0 aliphatic carbocycles. The van der Waals surface area contributed by atoms with E-state index >= 15 is 0 Å². The average Bonchev–Trinajstić information content (AvgIpc) is 3.28. The van der Waals surface area contributed by atoms with E-state index in [0.717, 1.165) is 0 Å². The van der Waals surface area contributed by atoms with E-state index in [1.165, 1.54) is 30.3 Å². The van der Waals surface area contributed by atoms with Gasteiger partial charge >= 0.3 is 29.6 Å². The first-order chi connectivity index (χ1) is 16.7. The molecule has 0 saturated carbocycles. The van der Waals surface area contributed by atoms with E-state index in [4.69, 9.17) is 0 Å². The number of aromatic nitrogens is 4. The molecule has 0 bridgehead atoms. The van der Waals surface area contributed by atoms with E-state index in [-0.39, 0.29) is 42.0 Å². The van der Waals surface area contributed by atoms with Gasteiger partial charge in [0.25, 0.3) is 0 Å². The Morgan fingerprint density at radius 3 is 2.03 bits per heavy atom. The van der Waals surface area contributed by atoms with Crippen molar-refractivity contribution in [1.29, 1.82) is 0 Å². The van der Waals surface area contributed by atoms with Gasteiger partial charge in [0, 0.05) is 24.4 Å². The van der Waals surface area contributed by atoms with Crippen LogP contribution in [0.3, 0.4) is 0 Å². The van der Waals surface area contributed by atoms with Gasteiger partial charge in [0.05, 0.1) is 18.2 Å². The third kappa shape index (κ3) is 7.87. The van der Waals surface area contributed by atoms with Gasteiger partial charge in [-0.15, -0.1) is 5.10 Å². The Morgan fingerprint density at radius 2 is 1.56 bits per heavy atom. The standard InChI is InChI=1S/C25H26F2N4O4.Na/c1-15(2)31-25(28-29-30-31)22(12-11-20(32)13-21(33)14-23(34)35)24(16-3-7-18(26)8-4-16)17-5-9-19(27)10-6-17;/h3-12,15,20-21,32-33H,13-14H2,1-2H3,(H,34,35);/q;+1/p-1. The van der Waals surface area contributed by atoms with E-state index < -0.39 is 36.2 Å². The number of halogens is 2. The fourth-order valence-corrected chi connectivity index (χ4v) is 3.54. The van der Waals surface area contributed by atoms with Crippen LogP contribution in [0.1, 0.15) is 49.7 Å². The predicted octanol–water partition coefficient (Wildman–Crippen LogP) is -0.697. The van der Waals surface area contributed by atoms with Crippen LogP contribution >= 0.6 is 0 Å². The second kappa shape index (κ2) is 13.5. The number of allylic oxidation sites excluding steroid dienone is 2. The number of carboxylic acid groups (broad SMARTS) is 1. The third-order valence-corrected chi connectivity index (χ3v) is 5.16. The van der Waals surface area contributed by atoms with Crippen LogP contribution in [0.2, 0.25) is 0 Å². The maximum Gasteiger partial charge on any atom is 1.00 e. The van der Waals surface area contributed by atoms with Gasteiger partial charge in [0.1, 0.15) is 11.6 Å². The van der Waals surface area contributed by atoms with Crippen LogP contribution in [0.25, 0.3) is 11.1 Å². The Labute approximate surface area is 229 Å². The van der Waals surface area contributed by atoms with Crippen molar-refractivity contribution in [2.75, 3.05) is 0 Å². The molecule has 2 N–H and O–H groups in total. The molecule has 0 aliphatic heterocycles. The number of rotatable bonds is 10. The molecule has 2 unspecified atom stereocenters. The van der Waals surface area contributed by atoms with Gasteiger partial charge < -0.3 is 20.1 Å². The number of nitrogens with zero attached hydrogens (tertiary/aromatic N) is 4. The predicted molar refractivity (Wildman–Crippen MR) is 122 cm³/mol. The smallest absolute Gasteiger partial charge is 0.550 e. The monoisotopic (exact) mass is 506 g/mol. The molecule has 0 spiro atoms. The minimum atomic E-state index is -1.43. The Hall–Kier alpha value is -2.76. The molecule has 8 nitrogen and oxygen atoms in total. The largest absolute Gasteiger partial charge is 1.00 e. The summed E-state index contributed by atoms with van der Waals surface area (Å²) in [6.07, 6.45) is -0.444. The number of aliphatic carboxylic acids is 1. The van der Waals surface area contributed by atoms with Gasteiger partial charge in [0.15, 0.2) is 5.82 Å². The number of hydrogen-bond acceptors (Lipinski definition) is 7. The van der Waals surface area contributed by atoms with Gasteiger partial charge in [-0.1, -0.05) is 36.4 Å². The Balaban J connectivity index is 0.00000456. The van der Waals surface area contributed by atoms with Crippen molar-refractivity contribution in [3.8, 4) is 0 Å². The van der Waals surface area contributed by atoms with E-state index in [0.29, 0.717) is 28.1 Å². The molecule has 1 heterocycles. The van der Waals surface area contributed by atoms with Gasteiger partial charge in [-0.25, -0.2) is 13.5 Å². The maximum absolute atomic E-state index is 13.7. The van der Waals surface area contributed by atoms with Crippen LogP contribution in [0.5, 0.6) is 0 Å². The fourth-order valence-electron chi connectivity index (χ4n) is 3.54. The first kappa shape index (κ1) is 29.5. The van der Waals surface area contributed by atoms with Crippen LogP contribution in [-0.2, 0) is 4.79 Å². The first-order valence-corrected chi connectivity index (χ1v) is 10.9. The maximum atomic E-state index is 13.7. The molecular formula is C25H25F2N4NaO4. The van der Waals surface area contributed by atoms with E-state index in [9.17, 15) is 28.9 Å². The number of carbonyl (C=O) groups is 1. The summed E-state index contributed by atoms with van der Waals surface area (Å²) in [5.41, 5.74) is 2.15. The van der Waals surface area contributed by atoms with Gasteiger partial charge in [0.2, 0.25) is 0 Å². The molecule has 0 fully saturated rings. The first-order valence-electron chi connectivity index (χ1n) is 10.9. The second-order valence-corrected chi connectivity index (χ2v) is 8.24. The van der Waals surface area contributed by atoms with Crippen LogP contribution in [0.15, 0.2) is 60.7 Å². The van der Waals surface area contributed by atoms with Crippen molar-refractivity contribution in [1.82, 2.24) is 20.2 Å². The number of tetrazole rings is 1. The summed E-state index contributed by atoms with van der Waals surface area (Å²) in [5.74, 6) is -1.97. The molecule has 1 aromatic heterocycles. The third-order valence-electron chi connectivity index (χ3n) is 5.16. The van der Waals surface area contributed by atoms with Crippen LogP contribution < -0.4 is 34.7 Å². The molecule has 11 heteroatoms. The molecular weight excluding hydrogens is 481 g/mol. The molecule has 3 rings (SSSR count). The van der Waals surface area contributed by atoms with Gasteiger partial charge in [-0.3, -0.25) is 0 Å². The SMILES string of the molecule is CC(C)n1nnnc1C(C=CC(O)CC(O)CC(=O)[O-])=C(c1ccc(F)cc1)c1ccc(F)cc1.[Na+]. The van der Waals surface area contributed by atoms with Crippen LogP contribution in [-0.4, -0.2) is 48.6 Å². The molecule has 3 aromatic rings. The topological polar surface area (TPSA) is 124 Å². The van der Waals surface area contributed by atoms with Crippen LogP contribution in [0, 0.1) is 11.6 Å². The normalized spacial score (nSPS) is 12.9. The number of aliphatic hydroxyl groups is 2. The molecule has 0 amide bonds. The summed E-state index contributed by atoms with van der Waals surface area (Å²) in [6, 6.07) is 11.3. The molecule has 184 valence electrons. The molecule has 0 aliphatic rings. The quantitative estimate of drug-likeness (QED) is 0.275. The summed E-state index contributed by atoms with van der Waals surface area (Å²) in [6.45, 7) is 3.75. The molecule has 0 radical (unpaired) electrons. The Morgan fingerprint density at radius 1 is 1.03 bits per heavy atom. The number of hydrogen-bond donors (Lipinski definition) is 2. The summed E-state index contributed by atoms with van der Waals surface area (Å²) >= 11 is 0. The zero-order chi connectivity index (χ0) is 25.5. The van der Waals surface area contributed by atoms with E-state index in [1.54, 1.807) is 35.0 Å². The molecule has 36 heavy (non-hydrogen) atoms. The summed E-state index contributed by atoms with van der Waals surface area (Å²) in [4.78, 5) is 10.7. The van der Waals surface area contributed by atoms with Gasteiger partial charge in [-0.2, -0.15) is 0 Å².